The van der Waals surface area contributed by atoms with Crippen molar-refractivity contribution in [1.29, 1.82) is 0 Å². The van der Waals surface area contributed by atoms with Gasteiger partial charge in [-0.25, -0.2) is 4.39 Å². The number of halogens is 1. The molecule has 0 saturated carbocycles. The lowest BCUT2D eigenvalue weighted by Crippen LogP contribution is -2.18. The molecule has 4 heteroatoms. The topological polar surface area (TPSA) is 43.1 Å². The van der Waals surface area contributed by atoms with Crippen molar-refractivity contribution in [3.05, 3.63) is 30.1 Å². The number of hydrogen-bond donors (Lipinski definition) is 1. The predicted molar refractivity (Wildman–Crippen MR) is 60.6 cm³/mol. The molecule has 2 atom stereocenters. The lowest BCUT2D eigenvalue weighted by atomic mass is 10.2. The van der Waals surface area contributed by atoms with Crippen molar-refractivity contribution in [3.63, 3.8) is 0 Å². The van der Waals surface area contributed by atoms with E-state index in [9.17, 15) is 8.60 Å². The van der Waals surface area contributed by atoms with Crippen LogP contribution in [0.1, 0.15) is 19.8 Å². The molecular weight excluding hydrogens is 213 g/mol. The van der Waals surface area contributed by atoms with E-state index >= 15 is 0 Å². The summed E-state index contributed by atoms with van der Waals surface area (Å²) in [4.78, 5) is 0.678. The highest BCUT2D eigenvalue weighted by molar-refractivity contribution is 7.85. The van der Waals surface area contributed by atoms with Gasteiger partial charge < -0.3 is 5.73 Å². The van der Waals surface area contributed by atoms with Crippen LogP contribution in [0.5, 0.6) is 0 Å². The smallest absolute Gasteiger partial charge is 0.123 e. The van der Waals surface area contributed by atoms with Gasteiger partial charge in [-0.15, -0.1) is 0 Å². The Bertz CT molecular complexity index is 326. The van der Waals surface area contributed by atoms with Crippen LogP contribution in [0.4, 0.5) is 4.39 Å². The Morgan fingerprint density at radius 3 is 2.47 bits per heavy atom. The van der Waals surface area contributed by atoms with Gasteiger partial charge in [-0.05, 0) is 43.7 Å². The Balaban J connectivity index is 2.78. The Labute approximate surface area is 92.1 Å². The summed E-state index contributed by atoms with van der Waals surface area (Å²) in [5.41, 5.74) is 5.45. The van der Waals surface area contributed by atoms with Crippen LogP contribution >= 0.6 is 0 Å². The second-order valence-electron chi connectivity index (χ2n) is 3.36. The number of hydrogen-bond acceptors (Lipinski definition) is 2. The van der Waals surface area contributed by atoms with Crippen molar-refractivity contribution in [2.75, 3.05) is 6.54 Å². The lowest BCUT2D eigenvalue weighted by Gasteiger charge is -2.13. The molecule has 1 rings (SSSR count). The van der Waals surface area contributed by atoms with Gasteiger partial charge in [0.15, 0.2) is 0 Å². The van der Waals surface area contributed by atoms with Gasteiger partial charge in [0, 0.05) is 10.1 Å². The fourth-order valence-corrected chi connectivity index (χ4v) is 2.85. The Morgan fingerprint density at radius 2 is 2.00 bits per heavy atom. The van der Waals surface area contributed by atoms with Crippen molar-refractivity contribution < 1.29 is 8.60 Å². The number of rotatable bonds is 5. The van der Waals surface area contributed by atoms with Crippen LogP contribution in [0.3, 0.4) is 0 Å². The summed E-state index contributed by atoms with van der Waals surface area (Å²) in [7, 11) is -1.08. The number of benzene rings is 1. The lowest BCUT2D eigenvalue weighted by molar-refractivity contribution is 0.625. The van der Waals surface area contributed by atoms with Gasteiger partial charge in [-0.1, -0.05) is 6.92 Å². The summed E-state index contributed by atoms with van der Waals surface area (Å²) in [6, 6.07) is 5.82. The molecule has 1 aromatic carbocycles. The zero-order valence-electron chi connectivity index (χ0n) is 8.78. The van der Waals surface area contributed by atoms with Crippen LogP contribution in [0, 0.1) is 5.82 Å². The summed E-state index contributed by atoms with van der Waals surface area (Å²) in [6.07, 6.45) is 1.56. The van der Waals surface area contributed by atoms with E-state index in [1.807, 2.05) is 6.92 Å². The Morgan fingerprint density at radius 1 is 1.40 bits per heavy atom. The van der Waals surface area contributed by atoms with E-state index in [2.05, 4.69) is 0 Å². The maximum atomic E-state index is 12.7. The molecule has 0 fully saturated rings. The van der Waals surface area contributed by atoms with Gasteiger partial charge in [-0.2, -0.15) is 0 Å². The summed E-state index contributed by atoms with van der Waals surface area (Å²) in [5.74, 6) is -0.303. The van der Waals surface area contributed by atoms with Crippen LogP contribution in [-0.2, 0) is 10.8 Å². The predicted octanol–water partition coefficient (Wildman–Crippen LogP) is 2.06. The Hall–Kier alpha value is -0.740. The van der Waals surface area contributed by atoms with Crippen molar-refractivity contribution in [3.8, 4) is 0 Å². The van der Waals surface area contributed by atoms with E-state index in [1.165, 1.54) is 12.1 Å². The zero-order chi connectivity index (χ0) is 11.3. The normalized spacial score (nSPS) is 14.9. The summed E-state index contributed by atoms with van der Waals surface area (Å²) >= 11 is 0. The van der Waals surface area contributed by atoms with Crippen LogP contribution < -0.4 is 5.73 Å². The van der Waals surface area contributed by atoms with Gasteiger partial charge in [-0.3, -0.25) is 4.21 Å². The first-order valence-electron chi connectivity index (χ1n) is 5.05. The van der Waals surface area contributed by atoms with E-state index in [0.717, 1.165) is 12.8 Å². The van der Waals surface area contributed by atoms with Gasteiger partial charge in [0.1, 0.15) is 5.82 Å². The quantitative estimate of drug-likeness (QED) is 0.839. The van der Waals surface area contributed by atoms with Crippen LogP contribution in [0.15, 0.2) is 29.2 Å². The van der Waals surface area contributed by atoms with E-state index in [-0.39, 0.29) is 11.1 Å². The molecule has 15 heavy (non-hydrogen) atoms. The first-order valence-corrected chi connectivity index (χ1v) is 6.26. The maximum Gasteiger partial charge on any atom is 0.123 e. The molecule has 0 bridgehead atoms. The average molecular weight is 229 g/mol. The molecule has 0 aliphatic carbocycles. The molecule has 1 aromatic rings. The molecule has 84 valence electrons. The minimum atomic E-state index is -1.08. The van der Waals surface area contributed by atoms with E-state index < -0.39 is 10.8 Å². The Kier molecular flexibility index (Phi) is 4.91. The molecule has 0 amide bonds. The maximum absolute atomic E-state index is 12.7. The second kappa shape index (κ2) is 5.98. The largest absolute Gasteiger partial charge is 0.330 e. The third-order valence-electron chi connectivity index (χ3n) is 2.29. The van der Waals surface area contributed by atoms with Gasteiger partial charge in [0.05, 0.1) is 10.8 Å². The van der Waals surface area contributed by atoms with Crippen molar-refractivity contribution >= 4 is 10.8 Å². The van der Waals surface area contributed by atoms with E-state index in [4.69, 9.17) is 5.73 Å². The second-order valence-corrected chi connectivity index (χ2v) is 5.09. The van der Waals surface area contributed by atoms with Crippen LogP contribution in [-0.4, -0.2) is 16.0 Å². The van der Waals surface area contributed by atoms with Crippen LogP contribution in [0.2, 0.25) is 0 Å². The zero-order valence-corrected chi connectivity index (χ0v) is 9.60. The molecule has 0 saturated heterocycles. The minimum absolute atomic E-state index is 0.0699. The highest BCUT2D eigenvalue weighted by atomic mass is 32.2. The molecule has 2 nitrogen and oxygen atoms in total. The molecule has 0 spiro atoms. The summed E-state index contributed by atoms with van der Waals surface area (Å²) < 4.78 is 24.7. The molecule has 0 radical (unpaired) electrons. The van der Waals surface area contributed by atoms with Crippen molar-refractivity contribution in [1.82, 2.24) is 0 Å². The highest BCUT2D eigenvalue weighted by Gasteiger charge is 2.15. The summed E-state index contributed by atoms with van der Waals surface area (Å²) in [6.45, 7) is 2.52. The van der Waals surface area contributed by atoms with E-state index in [1.54, 1.807) is 12.1 Å². The molecule has 0 aromatic heterocycles. The molecule has 2 unspecified atom stereocenters. The van der Waals surface area contributed by atoms with Crippen molar-refractivity contribution in [2.45, 2.75) is 29.9 Å². The summed E-state index contributed by atoms with van der Waals surface area (Å²) in [5, 5.41) is 0.0699. The van der Waals surface area contributed by atoms with Crippen molar-refractivity contribution in [2.24, 2.45) is 5.73 Å². The first-order chi connectivity index (χ1) is 7.19. The molecule has 0 aliphatic heterocycles. The minimum Gasteiger partial charge on any atom is -0.330 e. The molecular formula is C11H16FNOS. The van der Waals surface area contributed by atoms with Gasteiger partial charge in [0.2, 0.25) is 0 Å². The number of nitrogens with two attached hydrogens (primary N) is 1. The van der Waals surface area contributed by atoms with E-state index in [0.29, 0.717) is 11.4 Å². The molecule has 0 heterocycles. The van der Waals surface area contributed by atoms with Gasteiger partial charge in [0.25, 0.3) is 0 Å². The highest BCUT2D eigenvalue weighted by Crippen LogP contribution is 2.16. The van der Waals surface area contributed by atoms with Crippen LogP contribution in [0.25, 0.3) is 0 Å². The molecule has 2 N–H and O–H groups in total. The fourth-order valence-electron chi connectivity index (χ4n) is 1.41. The van der Waals surface area contributed by atoms with Gasteiger partial charge >= 0.3 is 0 Å². The standard InChI is InChI=1S/C11H16FNOS/c1-2-10(7-8-13)15(14)11-5-3-9(12)4-6-11/h3-6,10H,2,7-8,13H2,1H3. The third kappa shape index (κ3) is 3.39. The third-order valence-corrected chi connectivity index (χ3v) is 4.20. The average Bonchev–Trinajstić information content (AvgIpc) is 2.26. The monoisotopic (exact) mass is 229 g/mol. The first kappa shape index (κ1) is 12.3. The fraction of sp³-hybridized carbons (Fsp3) is 0.455. The SMILES string of the molecule is CCC(CCN)S(=O)c1ccc(F)cc1. The molecule has 0 aliphatic rings.